The van der Waals surface area contributed by atoms with Crippen LogP contribution in [0.15, 0.2) is 48.5 Å². The van der Waals surface area contributed by atoms with E-state index in [2.05, 4.69) is 10.3 Å². The molecule has 3 aromatic rings. The minimum atomic E-state index is -2.69. The summed E-state index contributed by atoms with van der Waals surface area (Å²) in [5, 5.41) is 2.80. The average molecular weight is 373 g/mol. The molecule has 5 nitrogen and oxygen atoms in total. The number of alkyl halides is 2. The maximum atomic E-state index is 13.5. The van der Waals surface area contributed by atoms with Crippen LogP contribution in [-0.4, -0.2) is 29.1 Å². The largest absolute Gasteiger partial charge is 0.497 e. The van der Waals surface area contributed by atoms with Gasteiger partial charge in [0.25, 0.3) is 0 Å². The third-order valence-corrected chi connectivity index (χ3v) is 4.39. The minimum absolute atomic E-state index is 0.174. The first-order valence-electron chi connectivity index (χ1n) is 8.64. The lowest BCUT2D eigenvalue weighted by Crippen LogP contribution is -2.29. The fraction of sp³-hybridized carbons (Fsp3) is 0.300. The Kier molecular flexibility index (Phi) is 5.69. The molecule has 0 aliphatic heterocycles. The lowest BCUT2D eigenvalue weighted by molar-refractivity contribution is -0.120. The number of rotatable bonds is 7. The second-order valence-corrected chi connectivity index (χ2v) is 6.34. The van der Waals surface area contributed by atoms with E-state index in [1.165, 1.54) is 0 Å². The Morgan fingerprint density at radius 3 is 2.56 bits per heavy atom. The molecule has 7 heteroatoms. The number of hydrogen-bond acceptors (Lipinski definition) is 3. The number of amides is 1. The molecule has 1 aromatic heterocycles. The van der Waals surface area contributed by atoms with Crippen LogP contribution in [0.4, 0.5) is 8.78 Å². The molecule has 2 aromatic carbocycles. The van der Waals surface area contributed by atoms with Gasteiger partial charge in [0.1, 0.15) is 11.6 Å². The molecule has 0 aliphatic carbocycles. The van der Waals surface area contributed by atoms with Gasteiger partial charge in [-0.25, -0.2) is 4.98 Å². The van der Waals surface area contributed by atoms with E-state index in [0.717, 1.165) is 15.9 Å². The number of fused-ring (bicyclic) bond motifs is 1. The van der Waals surface area contributed by atoms with E-state index < -0.39 is 6.55 Å². The Morgan fingerprint density at radius 2 is 1.89 bits per heavy atom. The van der Waals surface area contributed by atoms with Crippen molar-refractivity contribution in [1.82, 2.24) is 14.9 Å². The van der Waals surface area contributed by atoms with Crippen molar-refractivity contribution in [3.05, 3.63) is 59.9 Å². The number of carbonyl (C=O) groups is 1. The number of imidazole rings is 1. The first-order chi connectivity index (χ1) is 13.0. The molecule has 1 atom stereocenters. The number of para-hydroxylation sites is 2. The van der Waals surface area contributed by atoms with E-state index in [1.54, 1.807) is 50.4 Å². The monoisotopic (exact) mass is 373 g/mol. The number of methoxy groups -OCH3 is 1. The molecular weight excluding hydrogens is 352 g/mol. The molecular formula is C20H21F2N3O2. The molecule has 0 spiro atoms. The number of hydrogen-bond donors (Lipinski definition) is 1. The maximum absolute atomic E-state index is 13.5. The first-order valence-corrected chi connectivity index (χ1v) is 8.64. The fourth-order valence-electron chi connectivity index (χ4n) is 2.97. The van der Waals surface area contributed by atoms with E-state index in [4.69, 9.17) is 4.74 Å². The SMILES string of the molecule is COc1ccc(CC(=O)NC[C@@H](C)c2nc3ccccc3n2C(F)F)cc1. The summed E-state index contributed by atoms with van der Waals surface area (Å²) in [6.45, 7) is -0.691. The summed E-state index contributed by atoms with van der Waals surface area (Å²) in [5.74, 6) is 0.451. The van der Waals surface area contributed by atoms with E-state index in [-0.39, 0.29) is 30.6 Å². The van der Waals surface area contributed by atoms with Crippen LogP contribution >= 0.6 is 0 Å². The number of halogens is 2. The van der Waals surface area contributed by atoms with Gasteiger partial charge in [-0.15, -0.1) is 0 Å². The second kappa shape index (κ2) is 8.16. The Morgan fingerprint density at radius 1 is 1.19 bits per heavy atom. The van der Waals surface area contributed by atoms with Crippen LogP contribution in [0.2, 0.25) is 0 Å². The van der Waals surface area contributed by atoms with Gasteiger partial charge in [0.05, 0.1) is 24.6 Å². The summed E-state index contributed by atoms with van der Waals surface area (Å²) in [6.07, 6.45) is 0.210. The second-order valence-electron chi connectivity index (χ2n) is 6.34. The summed E-state index contributed by atoms with van der Waals surface area (Å²) >= 11 is 0. The van der Waals surface area contributed by atoms with E-state index in [9.17, 15) is 13.6 Å². The van der Waals surface area contributed by atoms with E-state index in [1.807, 2.05) is 12.1 Å². The molecule has 0 saturated carbocycles. The summed E-state index contributed by atoms with van der Waals surface area (Å²) in [4.78, 5) is 16.5. The van der Waals surface area contributed by atoms with Crippen molar-refractivity contribution < 1.29 is 18.3 Å². The Balaban J connectivity index is 1.66. The van der Waals surface area contributed by atoms with Gasteiger partial charge in [0.15, 0.2) is 0 Å². The molecule has 0 aliphatic rings. The van der Waals surface area contributed by atoms with Gasteiger partial charge in [-0.1, -0.05) is 31.2 Å². The smallest absolute Gasteiger partial charge is 0.320 e. The predicted octanol–water partition coefficient (Wildman–Crippen LogP) is 3.90. The van der Waals surface area contributed by atoms with Gasteiger partial charge in [-0.2, -0.15) is 8.78 Å². The first kappa shape index (κ1) is 18.8. The number of ether oxygens (including phenoxy) is 1. The van der Waals surface area contributed by atoms with E-state index in [0.29, 0.717) is 11.0 Å². The molecule has 1 N–H and O–H groups in total. The van der Waals surface area contributed by atoms with Gasteiger partial charge in [-0.05, 0) is 29.8 Å². The lowest BCUT2D eigenvalue weighted by atomic mass is 10.1. The fourth-order valence-corrected chi connectivity index (χ4v) is 2.97. The Labute approximate surface area is 156 Å². The van der Waals surface area contributed by atoms with Gasteiger partial charge >= 0.3 is 6.55 Å². The highest BCUT2D eigenvalue weighted by Gasteiger charge is 2.22. The number of nitrogens with zero attached hydrogens (tertiary/aromatic N) is 2. The molecule has 27 heavy (non-hydrogen) atoms. The number of aromatic nitrogens is 2. The highest BCUT2D eigenvalue weighted by molar-refractivity contribution is 5.79. The van der Waals surface area contributed by atoms with Crippen molar-refractivity contribution in [1.29, 1.82) is 0 Å². The summed E-state index contributed by atoms with van der Waals surface area (Å²) in [6, 6.07) is 14.0. The van der Waals surface area contributed by atoms with Crippen LogP contribution in [0, 0.1) is 0 Å². The average Bonchev–Trinajstić information content (AvgIpc) is 3.06. The standard InChI is InChI=1S/C20H21F2N3O2/c1-13(12-23-18(26)11-14-7-9-15(27-2)10-8-14)19-24-16-5-3-4-6-17(16)25(19)20(21)22/h3-10,13,20H,11-12H2,1-2H3,(H,23,26)/t13-/m1/s1. The third-order valence-electron chi connectivity index (χ3n) is 4.39. The van der Waals surface area contributed by atoms with E-state index >= 15 is 0 Å². The third kappa shape index (κ3) is 4.24. The van der Waals surface area contributed by atoms with Gasteiger partial charge in [0.2, 0.25) is 5.91 Å². The van der Waals surface area contributed by atoms with Crippen LogP contribution < -0.4 is 10.1 Å². The summed E-state index contributed by atoms with van der Waals surface area (Å²) in [7, 11) is 1.58. The molecule has 0 saturated heterocycles. The van der Waals surface area contributed by atoms with Crippen molar-refractivity contribution in [3.8, 4) is 5.75 Å². The molecule has 0 radical (unpaired) electrons. The maximum Gasteiger partial charge on any atom is 0.320 e. The van der Waals surface area contributed by atoms with Crippen molar-refractivity contribution in [3.63, 3.8) is 0 Å². The molecule has 3 rings (SSSR count). The number of carbonyl (C=O) groups excluding carboxylic acids is 1. The predicted molar refractivity (Wildman–Crippen MR) is 99.1 cm³/mol. The zero-order valence-corrected chi connectivity index (χ0v) is 15.2. The molecule has 1 heterocycles. The highest BCUT2D eigenvalue weighted by Crippen LogP contribution is 2.27. The normalized spacial score (nSPS) is 12.3. The molecule has 1 amide bonds. The van der Waals surface area contributed by atoms with Crippen molar-refractivity contribution >= 4 is 16.9 Å². The highest BCUT2D eigenvalue weighted by atomic mass is 19.3. The summed E-state index contributed by atoms with van der Waals surface area (Å²) < 4.78 is 33.1. The van der Waals surface area contributed by atoms with Crippen molar-refractivity contribution in [2.24, 2.45) is 0 Å². The zero-order valence-electron chi connectivity index (χ0n) is 15.2. The number of benzene rings is 2. The minimum Gasteiger partial charge on any atom is -0.497 e. The van der Waals surface area contributed by atoms with Crippen LogP contribution in [0.5, 0.6) is 5.75 Å². The van der Waals surface area contributed by atoms with Crippen LogP contribution in [0.25, 0.3) is 11.0 Å². The van der Waals surface area contributed by atoms with Crippen molar-refractivity contribution in [2.45, 2.75) is 25.8 Å². The lowest BCUT2D eigenvalue weighted by Gasteiger charge is -2.15. The Hall–Kier alpha value is -2.96. The van der Waals surface area contributed by atoms with Crippen molar-refractivity contribution in [2.75, 3.05) is 13.7 Å². The zero-order chi connectivity index (χ0) is 19.4. The van der Waals surface area contributed by atoms with Crippen LogP contribution in [0.3, 0.4) is 0 Å². The Bertz CT molecular complexity index is 923. The quantitative estimate of drug-likeness (QED) is 0.683. The van der Waals surface area contributed by atoms with Crippen LogP contribution in [-0.2, 0) is 11.2 Å². The van der Waals surface area contributed by atoms with Gasteiger partial charge in [-0.3, -0.25) is 9.36 Å². The summed E-state index contributed by atoms with van der Waals surface area (Å²) in [5.41, 5.74) is 1.75. The van der Waals surface area contributed by atoms with Gasteiger partial charge in [0, 0.05) is 12.5 Å². The topological polar surface area (TPSA) is 56.1 Å². The number of nitrogens with one attached hydrogen (secondary N) is 1. The van der Waals surface area contributed by atoms with Crippen LogP contribution in [0.1, 0.15) is 30.8 Å². The molecule has 0 fully saturated rings. The van der Waals surface area contributed by atoms with Gasteiger partial charge < -0.3 is 10.1 Å². The molecule has 142 valence electrons. The molecule has 0 bridgehead atoms. The molecule has 0 unspecified atom stereocenters.